The molecule has 3 rings (SSSR count). The average molecular weight is 346 g/mol. The molecule has 1 aliphatic rings. The van der Waals surface area contributed by atoms with Gasteiger partial charge in [-0.25, -0.2) is 9.37 Å². The zero-order valence-corrected chi connectivity index (χ0v) is 12.4. The van der Waals surface area contributed by atoms with Gasteiger partial charge in [-0.3, -0.25) is 10.1 Å². The molecule has 0 spiro atoms. The van der Waals surface area contributed by atoms with Crippen molar-refractivity contribution in [2.45, 2.75) is 19.2 Å². The summed E-state index contributed by atoms with van der Waals surface area (Å²) in [6.45, 7) is 0.939. The van der Waals surface area contributed by atoms with Crippen LogP contribution in [0.25, 0.3) is 0 Å². The summed E-state index contributed by atoms with van der Waals surface area (Å²) in [6.07, 6.45) is -4.24. The number of thiazole rings is 1. The molecule has 1 N–H and O–H groups in total. The molecule has 0 radical (unpaired) electrons. The second-order valence-electron chi connectivity index (χ2n) is 4.84. The minimum atomic E-state index is -4.86. The minimum Gasteiger partial charge on any atom is -0.375 e. The van der Waals surface area contributed by atoms with Crippen molar-refractivity contribution in [3.63, 3.8) is 0 Å². The first-order valence-electron chi connectivity index (χ1n) is 6.59. The molecule has 1 aliphatic heterocycles. The first kappa shape index (κ1) is 15.9. The minimum absolute atomic E-state index is 0.281. The Labute approximate surface area is 132 Å². The Balaban J connectivity index is 1.82. The number of ether oxygens (including phenoxy) is 1. The molecule has 122 valence electrons. The molecular weight excluding hydrogens is 336 g/mol. The highest BCUT2D eigenvalue weighted by molar-refractivity contribution is 7.15. The quantitative estimate of drug-likeness (QED) is 0.845. The number of nitrogens with one attached hydrogen (secondary N) is 1. The molecule has 23 heavy (non-hydrogen) atoms. The first-order chi connectivity index (χ1) is 10.8. The summed E-state index contributed by atoms with van der Waals surface area (Å²) in [5, 5.41) is 2.72. The number of halogens is 4. The van der Waals surface area contributed by atoms with Gasteiger partial charge in [0.2, 0.25) is 0 Å². The number of fused-ring (bicyclic) bond motifs is 1. The molecule has 0 atom stereocenters. The Hall–Kier alpha value is -2.00. The molecule has 0 saturated carbocycles. The summed E-state index contributed by atoms with van der Waals surface area (Å²) >= 11 is 1.21. The summed E-state index contributed by atoms with van der Waals surface area (Å²) in [7, 11) is 0. The van der Waals surface area contributed by atoms with Crippen molar-refractivity contribution < 1.29 is 27.1 Å². The highest BCUT2D eigenvalue weighted by Gasteiger charge is 2.34. The van der Waals surface area contributed by atoms with Crippen LogP contribution in [0.4, 0.5) is 22.7 Å². The summed E-state index contributed by atoms with van der Waals surface area (Å²) in [6, 6.07) is 2.11. The third-order valence-electron chi connectivity index (χ3n) is 3.25. The highest BCUT2D eigenvalue weighted by atomic mass is 32.1. The van der Waals surface area contributed by atoms with Gasteiger partial charge in [-0.05, 0) is 18.2 Å². The maximum atomic E-state index is 13.2. The smallest absolute Gasteiger partial charge is 0.375 e. The van der Waals surface area contributed by atoms with Gasteiger partial charge in [-0.2, -0.15) is 13.2 Å². The molecular formula is C14H10F4N2O2S. The number of amides is 1. The van der Waals surface area contributed by atoms with Crippen molar-refractivity contribution in [3.05, 3.63) is 45.7 Å². The van der Waals surface area contributed by atoms with Crippen LogP contribution < -0.4 is 5.32 Å². The molecule has 0 saturated heterocycles. The Morgan fingerprint density at radius 2 is 2.13 bits per heavy atom. The predicted molar refractivity (Wildman–Crippen MR) is 74.8 cm³/mol. The average Bonchev–Trinajstić information content (AvgIpc) is 2.88. The van der Waals surface area contributed by atoms with Gasteiger partial charge in [0.05, 0.1) is 29.3 Å². The molecule has 0 aliphatic carbocycles. The van der Waals surface area contributed by atoms with Crippen LogP contribution in [0.5, 0.6) is 0 Å². The second kappa shape index (κ2) is 5.89. The van der Waals surface area contributed by atoms with E-state index < -0.39 is 23.5 Å². The zero-order chi connectivity index (χ0) is 16.6. The maximum Gasteiger partial charge on any atom is 0.419 e. The highest BCUT2D eigenvalue weighted by Crippen LogP contribution is 2.32. The van der Waals surface area contributed by atoms with E-state index in [9.17, 15) is 22.4 Å². The van der Waals surface area contributed by atoms with Gasteiger partial charge in [0.15, 0.2) is 5.13 Å². The Morgan fingerprint density at radius 3 is 2.83 bits per heavy atom. The molecule has 1 aromatic carbocycles. The van der Waals surface area contributed by atoms with Crippen LogP contribution in [0, 0.1) is 5.82 Å². The fraction of sp³-hybridized carbons (Fsp3) is 0.286. The first-order valence-corrected chi connectivity index (χ1v) is 7.40. The number of aromatic nitrogens is 1. The van der Waals surface area contributed by atoms with Crippen molar-refractivity contribution >= 4 is 22.4 Å². The molecule has 1 aromatic heterocycles. The van der Waals surface area contributed by atoms with Gasteiger partial charge in [0, 0.05) is 12.0 Å². The van der Waals surface area contributed by atoms with Gasteiger partial charge in [0.1, 0.15) is 5.82 Å². The summed E-state index contributed by atoms with van der Waals surface area (Å²) in [5.74, 6) is -2.20. The van der Waals surface area contributed by atoms with Crippen LogP contribution in [-0.4, -0.2) is 17.5 Å². The van der Waals surface area contributed by atoms with E-state index in [0.717, 1.165) is 16.6 Å². The van der Waals surface area contributed by atoms with E-state index in [1.54, 1.807) is 0 Å². The van der Waals surface area contributed by atoms with Crippen LogP contribution in [0.3, 0.4) is 0 Å². The third kappa shape index (κ3) is 3.35. The number of carbonyl (C=O) groups excluding carboxylic acids is 1. The molecule has 4 nitrogen and oxygen atoms in total. The van der Waals surface area contributed by atoms with Gasteiger partial charge in [-0.15, -0.1) is 0 Å². The van der Waals surface area contributed by atoms with Crippen LogP contribution in [-0.2, 0) is 23.9 Å². The van der Waals surface area contributed by atoms with Crippen LogP contribution in [0.1, 0.15) is 26.5 Å². The van der Waals surface area contributed by atoms with E-state index in [-0.39, 0.29) is 10.7 Å². The van der Waals surface area contributed by atoms with Crippen molar-refractivity contribution in [2.24, 2.45) is 0 Å². The van der Waals surface area contributed by atoms with Crippen molar-refractivity contribution in [1.29, 1.82) is 0 Å². The second-order valence-corrected chi connectivity index (χ2v) is 5.92. The van der Waals surface area contributed by atoms with E-state index in [0.29, 0.717) is 31.8 Å². The summed E-state index contributed by atoms with van der Waals surface area (Å²) in [4.78, 5) is 17.1. The number of carbonyl (C=O) groups is 1. The van der Waals surface area contributed by atoms with Crippen LogP contribution in [0.15, 0.2) is 18.2 Å². The Bertz CT molecular complexity index is 734. The molecule has 0 unspecified atom stereocenters. The number of hydrogen-bond acceptors (Lipinski definition) is 4. The molecule has 1 amide bonds. The number of anilines is 1. The fourth-order valence-corrected chi connectivity index (χ4v) is 3.07. The van der Waals surface area contributed by atoms with Crippen LogP contribution in [0.2, 0.25) is 0 Å². The van der Waals surface area contributed by atoms with E-state index in [1.807, 2.05) is 0 Å². The van der Waals surface area contributed by atoms with Crippen molar-refractivity contribution in [3.8, 4) is 0 Å². The van der Waals surface area contributed by atoms with E-state index in [1.165, 1.54) is 11.3 Å². The lowest BCUT2D eigenvalue weighted by molar-refractivity contribution is -0.140. The predicted octanol–water partition coefficient (Wildman–Crippen LogP) is 3.63. The lowest BCUT2D eigenvalue weighted by Gasteiger charge is -2.09. The Morgan fingerprint density at radius 1 is 1.35 bits per heavy atom. The molecule has 2 aromatic rings. The topological polar surface area (TPSA) is 51.2 Å². The molecule has 0 fully saturated rings. The normalized spacial score (nSPS) is 14.4. The standard InChI is InChI=1S/C14H10F4N2O2S/c15-9-2-1-7(5-8(9)14(16,17)18)12(21)20-13-19-10-3-4-22-6-11(10)23-13/h1-2,5H,3-4,6H2,(H,19,20,21). The SMILES string of the molecule is O=C(Nc1nc2c(s1)COCC2)c1ccc(F)c(C(F)(F)F)c1. The van der Waals surface area contributed by atoms with Gasteiger partial charge in [0.25, 0.3) is 5.91 Å². The lowest BCUT2D eigenvalue weighted by atomic mass is 10.1. The third-order valence-corrected chi connectivity index (χ3v) is 4.24. The monoisotopic (exact) mass is 346 g/mol. The van der Waals surface area contributed by atoms with E-state index in [4.69, 9.17) is 4.74 Å². The molecule has 2 heterocycles. The van der Waals surface area contributed by atoms with Crippen LogP contribution >= 0.6 is 11.3 Å². The molecule has 9 heteroatoms. The Kier molecular flexibility index (Phi) is 4.07. The lowest BCUT2D eigenvalue weighted by Crippen LogP contribution is -2.15. The maximum absolute atomic E-state index is 13.2. The number of nitrogens with zero attached hydrogens (tertiary/aromatic N) is 1. The molecule has 0 bridgehead atoms. The van der Waals surface area contributed by atoms with Gasteiger partial charge in [-0.1, -0.05) is 11.3 Å². The van der Waals surface area contributed by atoms with Crippen molar-refractivity contribution in [1.82, 2.24) is 4.98 Å². The fourth-order valence-electron chi connectivity index (χ4n) is 2.13. The number of rotatable bonds is 2. The zero-order valence-electron chi connectivity index (χ0n) is 11.5. The van der Waals surface area contributed by atoms with Gasteiger partial charge >= 0.3 is 6.18 Å². The summed E-state index contributed by atoms with van der Waals surface area (Å²) < 4.78 is 56.5. The van der Waals surface area contributed by atoms with Crippen molar-refractivity contribution in [2.75, 3.05) is 11.9 Å². The number of hydrogen-bond donors (Lipinski definition) is 1. The van der Waals surface area contributed by atoms with E-state index >= 15 is 0 Å². The van der Waals surface area contributed by atoms with Gasteiger partial charge < -0.3 is 4.74 Å². The summed E-state index contributed by atoms with van der Waals surface area (Å²) in [5.41, 5.74) is -0.952. The largest absolute Gasteiger partial charge is 0.419 e. The van der Waals surface area contributed by atoms with E-state index in [2.05, 4.69) is 10.3 Å². The number of alkyl halides is 3. The number of benzene rings is 1.